The van der Waals surface area contributed by atoms with Gasteiger partial charge in [0.25, 0.3) is 5.69 Å². The number of nitrogens with zero attached hydrogens (tertiary/aromatic N) is 4. The van der Waals surface area contributed by atoms with Gasteiger partial charge in [0.1, 0.15) is 17.9 Å². The summed E-state index contributed by atoms with van der Waals surface area (Å²) in [7, 11) is 3.83. The highest BCUT2D eigenvalue weighted by Crippen LogP contribution is 2.53. The second-order valence-corrected chi connectivity index (χ2v) is 15.5. The molecule has 15 heteroatoms. The van der Waals surface area contributed by atoms with E-state index in [0.717, 1.165) is 5.69 Å². The highest BCUT2D eigenvalue weighted by atomic mass is 32.2. The number of benzene rings is 2. The average Bonchev–Trinajstić information content (AvgIpc) is 3.52. The first-order valence-corrected chi connectivity index (χ1v) is 17.2. The van der Waals surface area contributed by atoms with E-state index in [2.05, 4.69) is 5.32 Å². The number of likely N-dealkylation sites (tertiary alicyclic amines) is 1. The summed E-state index contributed by atoms with van der Waals surface area (Å²) in [6.45, 7) is 8.51. The quantitative estimate of drug-likeness (QED) is 0.110. The third-order valence-corrected chi connectivity index (χ3v) is 10.5. The van der Waals surface area contributed by atoms with E-state index in [1.54, 1.807) is 20.8 Å². The number of aliphatic hydroxyl groups is 1. The van der Waals surface area contributed by atoms with Crippen molar-refractivity contribution in [2.45, 2.75) is 76.3 Å². The largest absolute Gasteiger partial charge is 0.456 e. The number of carbonyl (C=O) groups is 4. The number of nitrogens with one attached hydrogen (secondary N) is 1. The molecule has 0 unspecified atom stereocenters. The van der Waals surface area contributed by atoms with Crippen LogP contribution in [0.2, 0.25) is 0 Å². The van der Waals surface area contributed by atoms with Crippen molar-refractivity contribution in [3.8, 4) is 0 Å². The molecule has 2 fully saturated rings. The van der Waals surface area contributed by atoms with Gasteiger partial charge in [-0.1, -0.05) is 6.92 Å². The van der Waals surface area contributed by atoms with Crippen LogP contribution in [-0.4, -0.2) is 93.4 Å². The number of β-lactam (4-membered cyclic amide) rings is 1. The Morgan fingerprint density at radius 1 is 1.18 bits per heavy atom. The van der Waals surface area contributed by atoms with Crippen LogP contribution in [0, 0.1) is 22.0 Å². The van der Waals surface area contributed by atoms with Crippen molar-refractivity contribution in [1.29, 1.82) is 0 Å². The maximum Gasteiger partial charge on any atom is 0.412 e. The topological polar surface area (TPSA) is 172 Å². The van der Waals surface area contributed by atoms with Crippen molar-refractivity contribution < 1.29 is 38.7 Å². The fraction of sp³-hybridized carbons (Fsp3) is 0.486. The Balaban J connectivity index is 1.45. The number of thioether (sulfide) groups is 1. The van der Waals surface area contributed by atoms with E-state index in [1.807, 2.05) is 50.2 Å². The maximum atomic E-state index is 13.8. The predicted octanol–water partition coefficient (Wildman–Crippen LogP) is 4.52. The lowest BCUT2D eigenvalue weighted by molar-refractivity contribution is -0.384. The van der Waals surface area contributed by atoms with Crippen molar-refractivity contribution >= 4 is 53.1 Å². The lowest BCUT2D eigenvalue weighted by atomic mass is 9.79. The number of nitro groups is 1. The van der Waals surface area contributed by atoms with Gasteiger partial charge in [0.2, 0.25) is 5.91 Å². The molecule has 0 bridgehead atoms. The number of anilines is 2. The summed E-state index contributed by atoms with van der Waals surface area (Å²) in [4.78, 5) is 69.5. The third-order valence-electron chi connectivity index (χ3n) is 9.07. The Morgan fingerprint density at radius 2 is 1.82 bits per heavy atom. The molecule has 14 nitrogen and oxygen atoms in total. The summed E-state index contributed by atoms with van der Waals surface area (Å²) < 4.78 is 11.4. The van der Waals surface area contributed by atoms with Crippen LogP contribution < -0.4 is 10.2 Å². The Hall–Kier alpha value is -4.63. The summed E-state index contributed by atoms with van der Waals surface area (Å²) in [6, 6.07) is 12.5. The smallest absolute Gasteiger partial charge is 0.412 e. The normalized spacial score (nSPS) is 25.1. The Bertz CT molecular complexity index is 1690. The predicted molar refractivity (Wildman–Crippen MR) is 187 cm³/mol. The molecule has 2 aromatic carbocycles. The molecule has 268 valence electrons. The molecule has 2 aromatic rings. The van der Waals surface area contributed by atoms with Gasteiger partial charge in [0.05, 0.1) is 23.0 Å². The Labute approximate surface area is 294 Å². The highest BCUT2D eigenvalue weighted by Gasteiger charge is 2.61. The summed E-state index contributed by atoms with van der Waals surface area (Å²) in [5.74, 6) is -2.25. The second-order valence-electron chi connectivity index (χ2n) is 14.1. The number of nitro benzene ring substituents is 1. The van der Waals surface area contributed by atoms with Crippen LogP contribution in [0.25, 0.3) is 0 Å². The number of ether oxygens (including phenoxy) is 2. The number of aliphatic hydroxyl groups excluding tert-OH is 1. The summed E-state index contributed by atoms with van der Waals surface area (Å²) in [5, 5.41) is 24.3. The molecule has 0 aromatic heterocycles. The van der Waals surface area contributed by atoms with Crippen LogP contribution in [0.4, 0.5) is 21.9 Å². The zero-order valence-electron chi connectivity index (χ0n) is 29.1. The van der Waals surface area contributed by atoms with Crippen molar-refractivity contribution in [1.82, 2.24) is 9.80 Å². The van der Waals surface area contributed by atoms with Crippen LogP contribution in [-0.2, 0) is 30.5 Å². The van der Waals surface area contributed by atoms with Gasteiger partial charge in [-0.2, -0.15) is 0 Å². The number of carbonyl (C=O) groups excluding carboxylic acids is 4. The summed E-state index contributed by atoms with van der Waals surface area (Å²) in [5.41, 5.74) is -0.303. The number of hydrogen-bond donors (Lipinski definition) is 2. The SMILES string of the molecule is C[C@@H](O)[C@H]1C(=O)N2C(C(=O)OCc3ccc([N+](=O)[O-])cc3)=C(S[C@@H]3CN(C(=O)OC(C)(C)C)[C@@](C=O)(Nc4ccc(N(C)C)cc4)C3)[C@H](C)[C@H]12. The molecule has 0 radical (unpaired) electrons. The standard InChI is InChI=1S/C35H43N5O9S/c1-20-28-27(21(2)42)31(43)39(28)29(32(44)48-18-22-8-12-25(13-9-22)40(46)47)30(20)50-26-16-35(19-41,38(17-26)33(45)49-34(3,4)5)36-23-10-14-24(15-11-23)37(6)7/h8-15,19-21,26-28,36,42H,16-18H2,1-7H3/t20-,21-,26+,27-,28-,35+/m1/s1. The minimum Gasteiger partial charge on any atom is -0.456 e. The van der Waals surface area contributed by atoms with E-state index in [0.29, 0.717) is 22.4 Å². The molecular formula is C35H43N5O9S. The fourth-order valence-electron chi connectivity index (χ4n) is 6.65. The van der Waals surface area contributed by atoms with Crippen molar-refractivity contribution in [2.75, 3.05) is 30.9 Å². The van der Waals surface area contributed by atoms with Gasteiger partial charge < -0.3 is 29.7 Å². The number of amides is 2. The van der Waals surface area contributed by atoms with Crippen LogP contribution in [0.3, 0.4) is 0 Å². The fourth-order valence-corrected chi connectivity index (χ4v) is 8.22. The van der Waals surface area contributed by atoms with E-state index >= 15 is 0 Å². The van der Waals surface area contributed by atoms with Crippen LogP contribution >= 0.6 is 11.8 Å². The summed E-state index contributed by atoms with van der Waals surface area (Å²) >= 11 is 1.30. The first-order chi connectivity index (χ1) is 23.5. The average molecular weight is 710 g/mol. The lowest BCUT2D eigenvalue weighted by Crippen LogP contribution is -2.63. The monoisotopic (exact) mass is 709 g/mol. The zero-order valence-corrected chi connectivity index (χ0v) is 29.9. The molecular weight excluding hydrogens is 666 g/mol. The molecule has 6 atom stereocenters. The number of esters is 1. The number of non-ortho nitro benzene ring substituents is 1. The molecule has 3 heterocycles. The van der Waals surface area contributed by atoms with Gasteiger partial charge in [-0.3, -0.25) is 24.6 Å². The van der Waals surface area contributed by atoms with E-state index < -0.39 is 57.5 Å². The summed E-state index contributed by atoms with van der Waals surface area (Å²) in [6.07, 6.45) is -0.791. The second kappa shape index (κ2) is 13.9. The van der Waals surface area contributed by atoms with Gasteiger partial charge >= 0.3 is 12.1 Å². The molecule has 2 N–H and O–H groups in total. The lowest BCUT2D eigenvalue weighted by Gasteiger charge is -2.46. The molecule has 3 aliphatic heterocycles. The minimum absolute atomic E-state index is 0.0518. The Kier molecular flexibility index (Phi) is 10.2. The molecule has 0 spiro atoms. The number of rotatable bonds is 11. The molecule has 2 amide bonds. The molecule has 5 rings (SSSR count). The molecule has 2 saturated heterocycles. The van der Waals surface area contributed by atoms with E-state index in [4.69, 9.17) is 9.47 Å². The Morgan fingerprint density at radius 3 is 2.36 bits per heavy atom. The van der Waals surface area contributed by atoms with Gasteiger partial charge in [-0.05, 0) is 69.7 Å². The first kappa shape index (κ1) is 36.6. The van der Waals surface area contributed by atoms with Gasteiger partial charge in [0.15, 0.2) is 11.9 Å². The minimum atomic E-state index is -1.49. The van der Waals surface area contributed by atoms with E-state index in [-0.39, 0.29) is 36.9 Å². The van der Waals surface area contributed by atoms with Crippen molar-refractivity contribution in [3.63, 3.8) is 0 Å². The zero-order chi connectivity index (χ0) is 36.7. The molecule has 0 saturated carbocycles. The van der Waals surface area contributed by atoms with Crippen LogP contribution in [0.15, 0.2) is 59.1 Å². The number of hydrogen-bond acceptors (Lipinski definition) is 12. The molecule has 50 heavy (non-hydrogen) atoms. The van der Waals surface area contributed by atoms with Gasteiger partial charge in [-0.25, -0.2) is 9.59 Å². The van der Waals surface area contributed by atoms with Crippen LogP contribution in [0.1, 0.15) is 46.6 Å². The van der Waals surface area contributed by atoms with Gasteiger partial charge in [0, 0.05) is 66.6 Å². The van der Waals surface area contributed by atoms with Crippen molar-refractivity contribution in [3.05, 3.63) is 74.8 Å². The van der Waals surface area contributed by atoms with Crippen LogP contribution in [0.5, 0.6) is 0 Å². The van der Waals surface area contributed by atoms with E-state index in [1.165, 1.54) is 52.8 Å². The van der Waals surface area contributed by atoms with E-state index in [9.17, 15) is 34.4 Å². The van der Waals surface area contributed by atoms with Gasteiger partial charge in [-0.15, -0.1) is 11.8 Å². The molecule has 3 aliphatic rings. The van der Waals surface area contributed by atoms with Crippen molar-refractivity contribution in [2.24, 2.45) is 11.8 Å². The highest BCUT2D eigenvalue weighted by molar-refractivity contribution is 8.03. The number of fused-ring (bicyclic) bond motifs is 1. The molecule has 0 aliphatic carbocycles. The maximum absolute atomic E-state index is 13.8. The third kappa shape index (κ3) is 7.15. The first-order valence-electron chi connectivity index (χ1n) is 16.3. The number of aldehydes is 1.